The molecular weight excluding hydrogens is 198 g/mol. The Morgan fingerprint density at radius 1 is 1.06 bits per heavy atom. The molecule has 0 radical (unpaired) electrons. The number of nitrogens with zero attached hydrogens (tertiary/aromatic N) is 1. The third-order valence-corrected chi connectivity index (χ3v) is 3.92. The van der Waals surface area contributed by atoms with Gasteiger partial charge in [-0.1, -0.05) is 31.0 Å². The fourth-order valence-corrected chi connectivity index (χ4v) is 3.08. The topological polar surface area (TPSA) is 12.5 Å². The fraction of sp³-hybridized carbons (Fsp3) is 0.571. The molecule has 0 amide bonds. The molecule has 2 fully saturated rings. The van der Waals surface area contributed by atoms with Crippen LogP contribution < -0.4 is 4.90 Å². The summed E-state index contributed by atoms with van der Waals surface area (Å²) in [6, 6.07) is 11.4. The molecular formula is C14H19NO. The second kappa shape index (κ2) is 4.46. The highest BCUT2D eigenvalue weighted by Crippen LogP contribution is 2.34. The molecule has 1 saturated heterocycles. The van der Waals surface area contributed by atoms with E-state index in [0.29, 0.717) is 6.04 Å². The molecule has 1 aliphatic heterocycles. The molecule has 1 saturated carbocycles. The summed E-state index contributed by atoms with van der Waals surface area (Å²) < 4.78 is 5.73. The number of hydrogen-bond acceptors (Lipinski definition) is 2. The Hall–Kier alpha value is -1.02. The van der Waals surface area contributed by atoms with Gasteiger partial charge in [-0.05, 0) is 25.0 Å². The lowest BCUT2D eigenvalue weighted by atomic mass is 9.83. The lowest BCUT2D eigenvalue weighted by Gasteiger charge is -2.45. The van der Waals surface area contributed by atoms with Crippen molar-refractivity contribution in [2.45, 2.75) is 31.7 Å². The minimum atomic E-state index is 0.713. The van der Waals surface area contributed by atoms with Crippen molar-refractivity contribution in [1.29, 1.82) is 0 Å². The zero-order valence-electron chi connectivity index (χ0n) is 9.64. The van der Waals surface area contributed by atoms with Gasteiger partial charge in [-0.2, -0.15) is 0 Å². The summed E-state index contributed by atoms with van der Waals surface area (Å²) in [7, 11) is 0. The number of fused-ring (bicyclic) bond motifs is 1. The van der Waals surface area contributed by atoms with E-state index >= 15 is 0 Å². The molecule has 1 aliphatic carbocycles. The number of rotatable bonds is 1. The maximum absolute atomic E-state index is 5.73. The second-order valence-electron chi connectivity index (χ2n) is 4.92. The van der Waals surface area contributed by atoms with Gasteiger partial charge in [0.15, 0.2) is 0 Å². The van der Waals surface area contributed by atoms with Crippen molar-refractivity contribution >= 4 is 5.69 Å². The summed E-state index contributed by atoms with van der Waals surface area (Å²) in [5, 5.41) is 0. The summed E-state index contributed by atoms with van der Waals surface area (Å²) >= 11 is 0. The maximum Gasteiger partial charge on any atom is 0.119 e. The first-order chi connectivity index (χ1) is 7.95. The standard InChI is InChI=1S/C14H19NO/c1-2-7-13(8-3-1)15-11-16-10-12-6-4-5-9-14(12)15/h1-3,7-8,12,14H,4-6,9-11H2/t12-,14+/m1/s1. The summed E-state index contributed by atoms with van der Waals surface area (Å²) in [5.41, 5.74) is 1.32. The predicted molar refractivity (Wildman–Crippen MR) is 65.5 cm³/mol. The van der Waals surface area contributed by atoms with Crippen molar-refractivity contribution in [1.82, 2.24) is 0 Å². The normalized spacial score (nSPS) is 29.9. The van der Waals surface area contributed by atoms with Crippen LogP contribution in [0.2, 0.25) is 0 Å². The first-order valence-corrected chi connectivity index (χ1v) is 6.34. The van der Waals surface area contributed by atoms with Gasteiger partial charge in [-0.15, -0.1) is 0 Å². The molecule has 2 heteroatoms. The van der Waals surface area contributed by atoms with Gasteiger partial charge in [0.2, 0.25) is 0 Å². The van der Waals surface area contributed by atoms with E-state index in [0.717, 1.165) is 19.3 Å². The lowest BCUT2D eigenvalue weighted by Crippen LogP contribution is -2.49. The highest BCUT2D eigenvalue weighted by atomic mass is 16.5. The van der Waals surface area contributed by atoms with Crippen LogP contribution in [0, 0.1) is 5.92 Å². The average molecular weight is 217 g/mol. The van der Waals surface area contributed by atoms with E-state index in [1.165, 1.54) is 31.4 Å². The van der Waals surface area contributed by atoms with Crippen molar-refractivity contribution < 1.29 is 4.74 Å². The molecule has 1 heterocycles. The van der Waals surface area contributed by atoms with E-state index in [1.54, 1.807) is 0 Å². The molecule has 0 unspecified atom stereocenters. The molecule has 16 heavy (non-hydrogen) atoms. The van der Waals surface area contributed by atoms with Crippen LogP contribution in [0.1, 0.15) is 25.7 Å². The molecule has 2 nitrogen and oxygen atoms in total. The van der Waals surface area contributed by atoms with Gasteiger partial charge in [-0.3, -0.25) is 0 Å². The van der Waals surface area contributed by atoms with Crippen LogP contribution in [0.4, 0.5) is 5.69 Å². The van der Waals surface area contributed by atoms with Crippen LogP contribution in [0.3, 0.4) is 0 Å². The van der Waals surface area contributed by atoms with Gasteiger partial charge in [0, 0.05) is 17.6 Å². The Morgan fingerprint density at radius 3 is 2.75 bits per heavy atom. The van der Waals surface area contributed by atoms with Gasteiger partial charge in [0.1, 0.15) is 6.73 Å². The molecule has 1 aromatic rings. The van der Waals surface area contributed by atoms with Gasteiger partial charge >= 0.3 is 0 Å². The minimum absolute atomic E-state index is 0.713. The summed E-state index contributed by atoms with van der Waals surface area (Å²) in [6.45, 7) is 1.74. The predicted octanol–water partition coefficient (Wildman–Crippen LogP) is 3.04. The van der Waals surface area contributed by atoms with Crippen molar-refractivity contribution in [3.63, 3.8) is 0 Å². The highest BCUT2D eigenvalue weighted by Gasteiger charge is 2.33. The monoisotopic (exact) mass is 217 g/mol. The highest BCUT2D eigenvalue weighted by molar-refractivity contribution is 5.47. The van der Waals surface area contributed by atoms with E-state index < -0.39 is 0 Å². The van der Waals surface area contributed by atoms with Crippen LogP contribution in [0.25, 0.3) is 0 Å². The van der Waals surface area contributed by atoms with Crippen LogP contribution in [-0.2, 0) is 4.74 Å². The van der Waals surface area contributed by atoms with Gasteiger partial charge in [0.25, 0.3) is 0 Å². The van der Waals surface area contributed by atoms with E-state index in [2.05, 4.69) is 35.2 Å². The van der Waals surface area contributed by atoms with Crippen LogP contribution in [-0.4, -0.2) is 19.4 Å². The quantitative estimate of drug-likeness (QED) is 0.717. The largest absolute Gasteiger partial charge is 0.361 e. The molecule has 0 bridgehead atoms. The number of para-hydroxylation sites is 1. The molecule has 2 atom stereocenters. The number of hydrogen-bond donors (Lipinski definition) is 0. The third-order valence-electron chi connectivity index (χ3n) is 3.92. The molecule has 2 aliphatic rings. The summed E-state index contributed by atoms with van der Waals surface area (Å²) in [5.74, 6) is 0.753. The Balaban J connectivity index is 1.83. The Bertz CT molecular complexity index is 336. The first-order valence-electron chi connectivity index (χ1n) is 6.34. The number of benzene rings is 1. The van der Waals surface area contributed by atoms with Gasteiger partial charge < -0.3 is 9.64 Å². The van der Waals surface area contributed by atoms with E-state index in [9.17, 15) is 0 Å². The minimum Gasteiger partial charge on any atom is -0.361 e. The molecule has 0 aromatic heterocycles. The van der Waals surface area contributed by atoms with Crippen molar-refractivity contribution in [3.05, 3.63) is 30.3 Å². The van der Waals surface area contributed by atoms with Gasteiger partial charge in [-0.25, -0.2) is 0 Å². The van der Waals surface area contributed by atoms with E-state index in [-0.39, 0.29) is 0 Å². The van der Waals surface area contributed by atoms with Crippen molar-refractivity contribution in [2.75, 3.05) is 18.2 Å². The number of ether oxygens (including phenoxy) is 1. The summed E-state index contributed by atoms with van der Waals surface area (Å²) in [4.78, 5) is 2.45. The Kier molecular flexibility index (Phi) is 2.83. The first kappa shape index (κ1) is 10.2. The Morgan fingerprint density at radius 2 is 1.88 bits per heavy atom. The SMILES string of the molecule is c1ccc(N2COC[C@H]3CCCC[C@@H]32)cc1. The van der Waals surface area contributed by atoms with Gasteiger partial charge in [0.05, 0.1) is 6.61 Å². The summed E-state index contributed by atoms with van der Waals surface area (Å²) in [6.07, 6.45) is 5.44. The van der Waals surface area contributed by atoms with E-state index in [1.807, 2.05) is 0 Å². The smallest absolute Gasteiger partial charge is 0.119 e. The van der Waals surface area contributed by atoms with Crippen LogP contribution in [0.15, 0.2) is 30.3 Å². The van der Waals surface area contributed by atoms with Crippen molar-refractivity contribution in [3.8, 4) is 0 Å². The zero-order chi connectivity index (χ0) is 10.8. The number of anilines is 1. The van der Waals surface area contributed by atoms with Crippen LogP contribution >= 0.6 is 0 Å². The average Bonchev–Trinajstić information content (AvgIpc) is 2.39. The maximum atomic E-state index is 5.73. The lowest BCUT2D eigenvalue weighted by molar-refractivity contribution is 0.0272. The fourth-order valence-electron chi connectivity index (χ4n) is 3.08. The van der Waals surface area contributed by atoms with E-state index in [4.69, 9.17) is 4.74 Å². The Labute approximate surface area is 97.2 Å². The molecule has 0 spiro atoms. The molecule has 0 N–H and O–H groups in total. The second-order valence-corrected chi connectivity index (χ2v) is 4.92. The molecule has 1 aromatic carbocycles. The third kappa shape index (κ3) is 1.82. The molecule has 3 rings (SSSR count). The van der Waals surface area contributed by atoms with Crippen LogP contribution in [0.5, 0.6) is 0 Å². The zero-order valence-corrected chi connectivity index (χ0v) is 9.64. The van der Waals surface area contributed by atoms with Crippen molar-refractivity contribution in [2.24, 2.45) is 5.92 Å². The molecule has 86 valence electrons.